The average molecular weight is 1170 g/mol. The number of nitrogens with zero attached hydrogens (tertiary/aromatic N) is 3. The monoisotopic (exact) mass is 1170 g/mol. The summed E-state index contributed by atoms with van der Waals surface area (Å²) < 4.78 is 4.95. The Balaban J connectivity index is 0.839. The molecule has 89 heavy (non-hydrogen) atoms. The summed E-state index contributed by atoms with van der Waals surface area (Å²) in [6.07, 6.45) is 23.2. The molecule has 0 saturated carbocycles. The highest BCUT2D eigenvalue weighted by molar-refractivity contribution is 6.12. The number of fused-ring (bicyclic) bond motifs is 9. The first-order chi connectivity index (χ1) is 43.7. The second-order valence-corrected chi connectivity index (χ2v) is 26.3. The van der Waals surface area contributed by atoms with Crippen LogP contribution in [-0.4, -0.2) is 9.13 Å². The zero-order chi connectivity index (χ0) is 61.0. The molecular formula is C86H91N3. The van der Waals surface area contributed by atoms with Crippen LogP contribution in [0.3, 0.4) is 0 Å². The number of benzene rings is 10. The molecule has 450 valence electrons. The Labute approximate surface area is 531 Å². The van der Waals surface area contributed by atoms with E-state index in [1.165, 1.54) is 220 Å². The van der Waals surface area contributed by atoms with Gasteiger partial charge in [0.1, 0.15) is 0 Å². The van der Waals surface area contributed by atoms with Gasteiger partial charge in [0.25, 0.3) is 0 Å². The van der Waals surface area contributed by atoms with Gasteiger partial charge in [0, 0.05) is 55.4 Å². The van der Waals surface area contributed by atoms with Crippen LogP contribution in [0.5, 0.6) is 0 Å². The van der Waals surface area contributed by atoms with Crippen molar-refractivity contribution in [2.75, 3.05) is 4.90 Å². The standard InChI is InChI=1S/C86H91N3/c1-8-11-14-16-18-25-52-86(53-26-19-17-15-12-9-2)80-56-62(6)61(5)54-78(80)79-55-63(7)77(59-81(79)86)66-38-47-70(48-39-66)87(68-41-32-60(4)33-42-68)69-45-36-65(37-46-69)67-40-50-75-73-28-22-24-31-83(73)89(84(75)57-67)72-49-51-76-74-29-21-23-30-82(74)88(85(76)58-72)71-43-34-64(35-44-71)27-20-13-10-3/h21-24,28-51,54-59H,8-20,25-27,52-53H2,1-7H3. The van der Waals surface area contributed by atoms with E-state index in [0.29, 0.717) is 0 Å². The van der Waals surface area contributed by atoms with Crippen LogP contribution in [0, 0.1) is 27.7 Å². The van der Waals surface area contributed by atoms with Gasteiger partial charge in [-0.15, -0.1) is 0 Å². The van der Waals surface area contributed by atoms with E-state index in [-0.39, 0.29) is 5.41 Å². The summed E-state index contributed by atoms with van der Waals surface area (Å²) in [4.78, 5) is 2.42. The molecule has 2 heterocycles. The molecule has 2 aromatic heterocycles. The summed E-state index contributed by atoms with van der Waals surface area (Å²) in [7, 11) is 0. The highest BCUT2D eigenvalue weighted by Crippen LogP contribution is 2.56. The van der Waals surface area contributed by atoms with E-state index >= 15 is 0 Å². The fraction of sp³-hybridized carbons (Fsp3) is 0.302. The molecule has 0 bridgehead atoms. The van der Waals surface area contributed by atoms with Crippen molar-refractivity contribution >= 4 is 60.7 Å². The second kappa shape index (κ2) is 26.4. The van der Waals surface area contributed by atoms with Crippen molar-refractivity contribution in [3.05, 3.63) is 245 Å². The van der Waals surface area contributed by atoms with Gasteiger partial charge in [0.2, 0.25) is 0 Å². The molecule has 0 spiro atoms. The van der Waals surface area contributed by atoms with E-state index in [2.05, 4.69) is 269 Å². The Hall–Kier alpha value is -8.40. The molecule has 12 aromatic rings. The van der Waals surface area contributed by atoms with Crippen LogP contribution < -0.4 is 4.90 Å². The zero-order valence-electron chi connectivity index (χ0n) is 54.2. The smallest absolute Gasteiger partial charge is 0.0561 e. The van der Waals surface area contributed by atoms with Crippen molar-refractivity contribution in [2.45, 2.75) is 169 Å². The number of anilines is 3. The maximum atomic E-state index is 2.65. The van der Waals surface area contributed by atoms with E-state index < -0.39 is 0 Å². The zero-order valence-corrected chi connectivity index (χ0v) is 54.2. The number of para-hydroxylation sites is 2. The van der Waals surface area contributed by atoms with Crippen LogP contribution in [0.2, 0.25) is 0 Å². The Morgan fingerprint density at radius 1 is 0.326 bits per heavy atom. The van der Waals surface area contributed by atoms with Gasteiger partial charge in [-0.05, 0) is 205 Å². The minimum absolute atomic E-state index is 0.0268. The van der Waals surface area contributed by atoms with Crippen LogP contribution >= 0.6 is 0 Å². The summed E-state index contributed by atoms with van der Waals surface area (Å²) in [6, 6.07) is 79.3. The van der Waals surface area contributed by atoms with Crippen LogP contribution in [0.25, 0.3) is 88.4 Å². The third-order valence-corrected chi connectivity index (χ3v) is 20.3. The summed E-state index contributed by atoms with van der Waals surface area (Å²) >= 11 is 0. The van der Waals surface area contributed by atoms with Crippen molar-refractivity contribution in [1.29, 1.82) is 0 Å². The highest BCUT2D eigenvalue weighted by atomic mass is 15.1. The van der Waals surface area contributed by atoms with Crippen molar-refractivity contribution in [1.82, 2.24) is 9.13 Å². The molecular weight excluding hydrogens is 1070 g/mol. The van der Waals surface area contributed by atoms with E-state index in [1.54, 1.807) is 11.1 Å². The Morgan fingerprint density at radius 3 is 1.38 bits per heavy atom. The molecule has 0 radical (unpaired) electrons. The lowest BCUT2D eigenvalue weighted by Gasteiger charge is -2.34. The normalized spacial score (nSPS) is 12.7. The molecule has 3 nitrogen and oxygen atoms in total. The SMILES string of the molecule is CCCCCCCCC1(CCCCCCCC)c2cc(C)c(C)cc2-c2cc(C)c(-c3ccc(N(c4ccc(C)cc4)c4ccc(-c5ccc6c7ccccc7n(-c7ccc8c9ccccc9n(-c9ccc(CCCCC)cc9)c8c7)c6c5)cc4)cc3)cc21. The Kier molecular flexibility index (Phi) is 17.6. The van der Waals surface area contributed by atoms with Crippen molar-refractivity contribution in [3.8, 4) is 44.8 Å². The van der Waals surface area contributed by atoms with E-state index in [4.69, 9.17) is 0 Å². The van der Waals surface area contributed by atoms with Gasteiger partial charge in [-0.2, -0.15) is 0 Å². The number of aryl methyl sites for hydroxylation is 5. The first-order valence-corrected chi connectivity index (χ1v) is 34.2. The fourth-order valence-electron chi connectivity index (χ4n) is 15.2. The lowest BCUT2D eigenvalue weighted by Crippen LogP contribution is -2.26. The summed E-state index contributed by atoms with van der Waals surface area (Å²) in [5.41, 5.74) is 28.6. The minimum atomic E-state index is 0.0268. The quantitative estimate of drug-likeness (QED) is 0.0520. The molecule has 10 aromatic carbocycles. The molecule has 1 aliphatic carbocycles. The summed E-state index contributed by atoms with van der Waals surface area (Å²) in [6.45, 7) is 16.1. The first-order valence-electron chi connectivity index (χ1n) is 34.2. The molecule has 0 aliphatic heterocycles. The maximum Gasteiger partial charge on any atom is 0.0561 e. The number of aromatic nitrogens is 2. The number of hydrogen-bond donors (Lipinski definition) is 0. The van der Waals surface area contributed by atoms with Gasteiger partial charge < -0.3 is 14.0 Å². The van der Waals surface area contributed by atoms with Gasteiger partial charge in [-0.3, -0.25) is 0 Å². The van der Waals surface area contributed by atoms with E-state index in [9.17, 15) is 0 Å². The van der Waals surface area contributed by atoms with Crippen molar-refractivity contribution in [3.63, 3.8) is 0 Å². The topological polar surface area (TPSA) is 13.1 Å². The highest BCUT2D eigenvalue weighted by Gasteiger charge is 2.43. The van der Waals surface area contributed by atoms with Crippen molar-refractivity contribution in [2.24, 2.45) is 0 Å². The average Bonchev–Trinajstić information content (AvgIpc) is 1.59. The lowest BCUT2D eigenvalue weighted by molar-refractivity contribution is 0.397. The lowest BCUT2D eigenvalue weighted by atomic mass is 9.69. The molecule has 0 N–H and O–H groups in total. The number of hydrogen-bond acceptors (Lipinski definition) is 1. The molecule has 13 rings (SSSR count). The third-order valence-electron chi connectivity index (χ3n) is 20.3. The molecule has 0 saturated heterocycles. The predicted octanol–water partition coefficient (Wildman–Crippen LogP) is 25.4. The number of rotatable bonds is 25. The fourth-order valence-corrected chi connectivity index (χ4v) is 15.2. The Bertz CT molecular complexity index is 4420. The van der Waals surface area contributed by atoms with Gasteiger partial charge in [0.05, 0.1) is 22.1 Å². The molecule has 1 aliphatic rings. The maximum absolute atomic E-state index is 2.65. The molecule has 0 fully saturated rings. The van der Waals surface area contributed by atoms with Gasteiger partial charge in [-0.1, -0.05) is 238 Å². The largest absolute Gasteiger partial charge is 0.311 e. The number of unbranched alkanes of at least 4 members (excludes halogenated alkanes) is 12. The van der Waals surface area contributed by atoms with Crippen LogP contribution in [0.15, 0.2) is 206 Å². The summed E-state index contributed by atoms with van der Waals surface area (Å²) in [5, 5.41) is 5.04. The van der Waals surface area contributed by atoms with Crippen LogP contribution in [-0.2, 0) is 11.8 Å². The molecule has 0 unspecified atom stereocenters. The van der Waals surface area contributed by atoms with Gasteiger partial charge in [-0.25, -0.2) is 0 Å². The summed E-state index contributed by atoms with van der Waals surface area (Å²) in [5.74, 6) is 0. The molecule has 0 amide bonds. The van der Waals surface area contributed by atoms with Crippen LogP contribution in [0.1, 0.15) is 169 Å². The first kappa shape index (κ1) is 59.6. The molecule has 0 atom stereocenters. The Morgan fingerprint density at radius 2 is 0.775 bits per heavy atom. The molecule has 3 heteroatoms. The van der Waals surface area contributed by atoms with Crippen molar-refractivity contribution < 1.29 is 0 Å². The van der Waals surface area contributed by atoms with Gasteiger partial charge in [0.15, 0.2) is 0 Å². The van der Waals surface area contributed by atoms with E-state index in [1.807, 2.05) is 0 Å². The third kappa shape index (κ3) is 11.7. The second-order valence-electron chi connectivity index (χ2n) is 26.3. The minimum Gasteiger partial charge on any atom is -0.311 e. The van der Waals surface area contributed by atoms with E-state index in [0.717, 1.165) is 29.2 Å². The van der Waals surface area contributed by atoms with Crippen LogP contribution in [0.4, 0.5) is 17.1 Å². The van der Waals surface area contributed by atoms with Gasteiger partial charge >= 0.3 is 0 Å². The predicted molar refractivity (Wildman–Crippen MR) is 385 cm³/mol.